The zero-order chi connectivity index (χ0) is 25.8. The Bertz CT molecular complexity index is 698. The van der Waals surface area contributed by atoms with Crippen molar-refractivity contribution in [2.45, 2.75) is 101 Å². The lowest BCUT2D eigenvalue weighted by Crippen LogP contribution is -2.70. The van der Waals surface area contributed by atoms with Crippen LogP contribution < -0.4 is 11.1 Å². The number of hydrogen-bond acceptors (Lipinski definition) is 10. The second kappa shape index (κ2) is 11.9. The van der Waals surface area contributed by atoms with Gasteiger partial charge < -0.3 is 55.5 Å². The molecule has 0 aromatic heterocycles. The molecule has 0 radical (unpaired) electrons. The lowest BCUT2D eigenvalue weighted by molar-refractivity contribution is -0.331. The number of carboxylic acid groups (broad SMARTS) is 1. The number of carbonyl (C=O) groups is 2. The fourth-order valence-electron chi connectivity index (χ4n) is 4.84. The Labute approximate surface area is 198 Å². The van der Waals surface area contributed by atoms with E-state index in [4.69, 9.17) is 24.7 Å². The molecule has 2 saturated heterocycles. The molecule has 2 fully saturated rings. The van der Waals surface area contributed by atoms with Crippen LogP contribution in [0.2, 0.25) is 0 Å². The number of amides is 2. The van der Waals surface area contributed by atoms with Crippen LogP contribution in [0.15, 0.2) is 0 Å². The van der Waals surface area contributed by atoms with E-state index in [0.29, 0.717) is 12.8 Å². The maximum atomic E-state index is 11.9. The van der Waals surface area contributed by atoms with Gasteiger partial charge in [0.05, 0.1) is 18.8 Å². The summed E-state index contributed by atoms with van der Waals surface area (Å²) in [6.45, 7) is 5.26. The van der Waals surface area contributed by atoms with Gasteiger partial charge in [-0.3, -0.25) is 0 Å². The van der Waals surface area contributed by atoms with Gasteiger partial charge in [-0.25, -0.2) is 9.59 Å². The zero-order valence-corrected chi connectivity index (χ0v) is 19.9. The average molecular weight is 495 g/mol. The number of primary amides is 1. The molecule has 2 amide bonds. The molecule has 8 N–H and O–H groups in total. The number of hydrogen-bond donors (Lipinski definition) is 7. The van der Waals surface area contributed by atoms with Crippen LogP contribution in [0.4, 0.5) is 4.79 Å². The predicted octanol–water partition coefficient (Wildman–Crippen LogP) is -1.71. The van der Waals surface area contributed by atoms with Gasteiger partial charge in [-0.15, -0.1) is 0 Å². The second-order valence-corrected chi connectivity index (χ2v) is 9.11. The van der Waals surface area contributed by atoms with E-state index >= 15 is 0 Å². The number of nitrogens with one attached hydrogen (secondary N) is 1. The number of methoxy groups -OCH3 is 1. The molecule has 2 aliphatic heterocycles. The molecule has 11 atom stereocenters. The third-order valence-electron chi connectivity index (χ3n) is 6.87. The lowest BCUT2D eigenvalue weighted by atomic mass is 9.71. The van der Waals surface area contributed by atoms with Crippen LogP contribution >= 0.6 is 0 Å². The van der Waals surface area contributed by atoms with E-state index in [0.717, 1.165) is 13.5 Å². The summed E-state index contributed by atoms with van der Waals surface area (Å²) in [5.74, 6) is -1.46. The predicted molar refractivity (Wildman–Crippen MR) is 116 cm³/mol. The Morgan fingerprint density at radius 3 is 2.21 bits per heavy atom. The third-order valence-corrected chi connectivity index (χ3v) is 6.87. The number of carboxylic acids is 1. The fourth-order valence-corrected chi connectivity index (χ4v) is 4.84. The van der Waals surface area contributed by atoms with E-state index in [1.165, 1.54) is 0 Å². The molecule has 0 saturated carbocycles. The average Bonchev–Trinajstić information content (AvgIpc) is 2.78. The van der Waals surface area contributed by atoms with Gasteiger partial charge in [0, 0.05) is 7.11 Å². The van der Waals surface area contributed by atoms with Crippen LogP contribution in [0.1, 0.15) is 40.0 Å². The number of nitrogens with two attached hydrogens (primary N) is 1. The Kier molecular flexibility index (Phi) is 10.0. The monoisotopic (exact) mass is 494 g/mol. The van der Waals surface area contributed by atoms with Crippen molar-refractivity contribution in [3.8, 4) is 0 Å². The summed E-state index contributed by atoms with van der Waals surface area (Å²) >= 11 is 0. The summed E-state index contributed by atoms with van der Waals surface area (Å²) in [5.41, 5.74) is 4.86. The van der Waals surface area contributed by atoms with Crippen LogP contribution in [-0.2, 0) is 23.7 Å². The molecule has 13 heteroatoms. The molecule has 0 aromatic rings. The molecule has 0 spiro atoms. The van der Waals surface area contributed by atoms with Crippen molar-refractivity contribution in [1.82, 2.24) is 5.32 Å². The summed E-state index contributed by atoms with van der Waals surface area (Å²) in [4.78, 5) is 23.5. The van der Waals surface area contributed by atoms with E-state index < -0.39 is 85.2 Å². The smallest absolute Gasteiger partial charge is 0.335 e. The van der Waals surface area contributed by atoms with Gasteiger partial charge in [0.2, 0.25) is 0 Å². The van der Waals surface area contributed by atoms with Gasteiger partial charge in [0.15, 0.2) is 12.4 Å². The van der Waals surface area contributed by atoms with Gasteiger partial charge in [0.1, 0.15) is 36.6 Å². The van der Waals surface area contributed by atoms with Gasteiger partial charge in [-0.1, -0.05) is 27.2 Å². The molecule has 2 aliphatic rings. The highest BCUT2D eigenvalue weighted by Gasteiger charge is 2.55. The molecule has 2 rings (SSSR count). The highest BCUT2D eigenvalue weighted by Crippen LogP contribution is 2.41. The van der Waals surface area contributed by atoms with E-state index in [1.807, 2.05) is 20.8 Å². The third kappa shape index (κ3) is 5.79. The molecule has 13 nitrogen and oxygen atoms in total. The quantitative estimate of drug-likeness (QED) is 0.182. The first-order valence-electron chi connectivity index (χ1n) is 11.4. The summed E-state index contributed by atoms with van der Waals surface area (Å²) in [6.07, 6.45) is -10.9. The van der Waals surface area contributed by atoms with Crippen molar-refractivity contribution >= 4 is 12.0 Å². The lowest BCUT2D eigenvalue weighted by Gasteiger charge is -2.52. The fraction of sp³-hybridized carbons (Fsp3) is 0.905. The van der Waals surface area contributed by atoms with Gasteiger partial charge in [-0.05, 0) is 18.3 Å². The SMILES string of the molecule is CCCC(C)(CC)C1OC(CO)[C@@H](O)C(O[C@@H]2OC(C(=O)O)[C@@H](OC)C(O)C2O)C1NC(N)=O. The van der Waals surface area contributed by atoms with Crippen LogP contribution in [0, 0.1) is 5.41 Å². The number of urea groups is 1. The number of aliphatic hydroxyl groups is 4. The number of carbonyl (C=O) groups excluding carboxylic acids is 1. The molecular weight excluding hydrogens is 456 g/mol. The summed E-state index contributed by atoms with van der Waals surface area (Å²) in [6, 6.07) is -1.98. The first-order chi connectivity index (χ1) is 15.9. The molecule has 34 heavy (non-hydrogen) atoms. The van der Waals surface area contributed by atoms with Crippen molar-refractivity contribution in [1.29, 1.82) is 0 Å². The summed E-state index contributed by atoms with van der Waals surface area (Å²) < 4.78 is 22.2. The number of aliphatic hydroxyl groups excluding tert-OH is 4. The molecule has 8 unspecified atom stereocenters. The van der Waals surface area contributed by atoms with E-state index in [9.17, 15) is 35.1 Å². The van der Waals surface area contributed by atoms with E-state index in [2.05, 4.69) is 5.32 Å². The highest BCUT2D eigenvalue weighted by atomic mass is 16.7. The van der Waals surface area contributed by atoms with Gasteiger partial charge in [0.25, 0.3) is 0 Å². The molecular formula is C21H38N2O11. The maximum Gasteiger partial charge on any atom is 0.335 e. The Morgan fingerprint density at radius 2 is 1.74 bits per heavy atom. The summed E-state index contributed by atoms with van der Waals surface area (Å²) in [5, 5.41) is 53.7. The van der Waals surface area contributed by atoms with Crippen molar-refractivity contribution in [2.24, 2.45) is 11.1 Å². The van der Waals surface area contributed by atoms with Crippen molar-refractivity contribution in [2.75, 3.05) is 13.7 Å². The molecule has 2 heterocycles. The van der Waals surface area contributed by atoms with Crippen molar-refractivity contribution < 1.29 is 54.1 Å². The van der Waals surface area contributed by atoms with Gasteiger partial charge in [-0.2, -0.15) is 0 Å². The van der Waals surface area contributed by atoms with Crippen LogP contribution in [-0.4, -0.2) is 112 Å². The minimum Gasteiger partial charge on any atom is -0.479 e. The zero-order valence-electron chi connectivity index (χ0n) is 19.9. The van der Waals surface area contributed by atoms with Crippen LogP contribution in [0.5, 0.6) is 0 Å². The van der Waals surface area contributed by atoms with Crippen LogP contribution in [0.25, 0.3) is 0 Å². The van der Waals surface area contributed by atoms with E-state index in [-0.39, 0.29) is 0 Å². The number of rotatable bonds is 10. The molecule has 0 bridgehead atoms. The molecule has 0 aliphatic carbocycles. The van der Waals surface area contributed by atoms with Crippen molar-refractivity contribution in [3.63, 3.8) is 0 Å². The first-order valence-corrected chi connectivity index (χ1v) is 11.4. The minimum atomic E-state index is -1.75. The maximum absolute atomic E-state index is 11.9. The Hall–Kier alpha value is -1.58. The molecule has 0 aromatic carbocycles. The Morgan fingerprint density at radius 1 is 1.09 bits per heavy atom. The number of aliphatic carboxylic acids is 1. The van der Waals surface area contributed by atoms with Crippen molar-refractivity contribution in [3.05, 3.63) is 0 Å². The minimum absolute atomic E-state index is 0.534. The topological polar surface area (TPSA) is 210 Å². The van der Waals surface area contributed by atoms with E-state index in [1.54, 1.807) is 0 Å². The second-order valence-electron chi connectivity index (χ2n) is 9.11. The first kappa shape index (κ1) is 28.7. The molecule has 198 valence electrons. The van der Waals surface area contributed by atoms with Crippen LogP contribution in [0.3, 0.4) is 0 Å². The standard InChI is InChI=1S/C21H38N2O11/c1-5-7-21(3,6-2)17-10(23-20(22)30)14(11(25)9(8-24)32-17)33-19-13(27)12(26)15(31-4)16(34-19)18(28)29/h9-17,19,24-27H,5-8H2,1-4H3,(H,28,29)(H3,22,23,30)/t9?,10?,11-,12?,13?,14?,15+,16?,17?,19-,21?/m1/s1. The number of ether oxygens (including phenoxy) is 4. The van der Waals surface area contributed by atoms with Gasteiger partial charge >= 0.3 is 12.0 Å². The Balaban J connectivity index is 2.45. The normalized spacial score (nSPS) is 40.4. The summed E-state index contributed by atoms with van der Waals surface area (Å²) in [7, 11) is 1.16. The largest absolute Gasteiger partial charge is 0.479 e. The highest BCUT2D eigenvalue weighted by molar-refractivity contribution is 5.73.